The minimum absolute atomic E-state index is 0.0134. The average molecular weight is 311 g/mol. The molecule has 0 aliphatic rings. The summed E-state index contributed by atoms with van der Waals surface area (Å²) in [6.45, 7) is 0.629. The standard InChI is InChI=1S/C14H12Cl2N2O2/c15-10-2-1-9(12(16)7-10)3-5-17-11-4-6-18-13(8-11)14(19)20/h1-2,4,6-8H,3,5H2,(H,17,18)(H,19,20). The van der Waals surface area contributed by atoms with Crippen molar-refractivity contribution in [2.45, 2.75) is 6.42 Å². The molecule has 0 bridgehead atoms. The highest BCUT2D eigenvalue weighted by atomic mass is 35.5. The summed E-state index contributed by atoms with van der Waals surface area (Å²) in [6, 6.07) is 8.58. The number of benzene rings is 1. The van der Waals surface area contributed by atoms with Crippen LogP contribution in [0.1, 0.15) is 16.1 Å². The Morgan fingerprint density at radius 3 is 2.75 bits per heavy atom. The normalized spacial score (nSPS) is 10.3. The summed E-state index contributed by atoms with van der Waals surface area (Å²) >= 11 is 11.9. The third-order valence-electron chi connectivity index (χ3n) is 2.72. The van der Waals surface area contributed by atoms with E-state index in [1.165, 1.54) is 12.3 Å². The Hall–Kier alpha value is -1.78. The monoisotopic (exact) mass is 310 g/mol. The molecule has 0 fully saturated rings. The number of pyridine rings is 1. The van der Waals surface area contributed by atoms with Crippen molar-refractivity contribution in [1.82, 2.24) is 4.98 Å². The van der Waals surface area contributed by atoms with Crippen LogP contribution in [0, 0.1) is 0 Å². The van der Waals surface area contributed by atoms with E-state index in [2.05, 4.69) is 10.3 Å². The van der Waals surface area contributed by atoms with Gasteiger partial charge < -0.3 is 10.4 Å². The summed E-state index contributed by atoms with van der Waals surface area (Å²) < 4.78 is 0. The molecule has 0 spiro atoms. The van der Waals surface area contributed by atoms with Gasteiger partial charge in [0.1, 0.15) is 5.69 Å². The van der Waals surface area contributed by atoms with Gasteiger partial charge in [-0.2, -0.15) is 0 Å². The van der Waals surface area contributed by atoms with Crippen LogP contribution in [-0.4, -0.2) is 22.6 Å². The maximum Gasteiger partial charge on any atom is 0.354 e. The van der Waals surface area contributed by atoms with E-state index in [4.69, 9.17) is 28.3 Å². The predicted octanol–water partition coefficient (Wildman–Crippen LogP) is 3.74. The summed E-state index contributed by atoms with van der Waals surface area (Å²) in [4.78, 5) is 14.6. The van der Waals surface area contributed by atoms with E-state index in [9.17, 15) is 4.79 Å². The van der Waals surface area contributed by atoms with Gasteiger partial charge in [-0.1, -0.05) is 29.3 Å². The van der Waals surface area contributed by atoms with E-state index in [1.54, 1.807) is 18.2 Å². The van der Waals surface area contributed by atoms with Crippen LogP contribution in [-0.2, 0) is 6.42 Å². The number of carboxylic acids is 1. The molecule has 1 aromatic heterocycles. The summed E-state index contributed by atoms with van der Waals surface area (Å²) in [5.74, 6) is -1.05. The number of hydrogen-bond donors (Lipinski definition) is 2. The second-order valence-electron chi connectivity index (χ2n) is 4.15. The SMILES string of the molecule is O=C(O)c1cc(NCCc2ccc(Cl)cc2Cl)ccn1. The second-order valence-corrected chi connectivity index (χ2v) is 4.99. The lowest BCUT2D eigenvalue weighted by molar-refractivity contribution is 0.0690. The van der Waals surface area contributed by atoms with Gasteiger partial charge in [-0.15, -0.1) is 0 Å². The molecule has 6 heteroatoms. The maximum absolute atomic E-state index is 10.8. The van der Waals surface area contributed by atoms with E-state index < -0.39 is 5.97 Å². The fourth-order valence-electron chi connectivity index (χ4n) is 1.72. The zero-order valence-corrected chi connectivity index (χ0v) is 11.9. The van der Waals surface area contributed by atoms with Gasteiger partial charge in [0.15, 0.2) is 0 Å². The van der Waals surface area contributed by atoms with Crippen LogP contribution < -0.4 is 5.32 Å². The lowest BCUT2D eigenvalue weighted by Crippen LogP contribution is -2.07. The third kappa shape index (κ3) is 3.85. The van der Waals surface area contributed by atoms with Gasteiger partial charge in [0, 0.05) is 28.5 Å². The zero-order chi connectivity index (χ0) is 14.5. The number of anilines is 1. The lowest BCUT2D eigenvalue weighted by atomic mass is 10.1. The Kier molecular flexibility index (Phi) is 4.82. The molecule has 0 atom stereocenters. The lowest BCUT2D eigenvalue weighted by Gasteiger charge is -2.08. The van der Waals surface area contributed by atoms with E-state index >= 15 is 0 Å². The number of aromatic carboxylic acids is 1. The first-order chi connectivity index (χ1) is 9.56. The molecule has 0 aliphatic carbocycles. The Labute approximate surface area is 126 Å². The number of carboxylic acid groups (broad SMARTS) is 1. The highest BCUT2D eigenvalue weighted by Crippen LogP contribution is 2.21. The fraction of sp³-hybridized carbons (Fsp3) is 0.143. The topological polar surface area (TPSA) is 62.2 Å². The van der Waals surface area contributed by atoms with Gasteiger partial charge in [0.25, 0.3) is 0 Å². The van der Waals surface area contributed by atoms with Crippen molar-refractivity contribution >= 4 is 34.9 Å². The minimum Gasteiger partial charge on any atom is -0.477 e. The number of hydrogen-bond acceptors (Lipinski definition) is 3. The van der Waals surface area contributed by atoms with Gasteiger partial charge in [-0.05, 0) is 36.2 Å². The first-order valence-electron chi connectivity index (χ1n) is 5.93. The van der Waals surface area contributed by atoms with Crippen LogP contribution in [0.3, 0.4) is 0 Å². The van der Waals surface area contributed by atoms with Crippen LogP contribution in [0.4, 0.5) is 5.69 Å². The molecule has 2 N–H and O–H groups in total. The number of nitrogens with zero attached hydrogens (tertiary/aromatic N) is 1. The van der Waals surface area contributed by atoms with Crippen molar-refractivity contribution < 1.29 is 9.90 Å². The molecule has 4 nitrogen and oxygen atoms in total. The largest absolute Gasteiger partial charge is 0.477 e. The van der Waals surface area contributed by atoms with E-state index in [0.29, 0.717) is 28.7 Å². The van der Waals surface area contributed by atoms with Crippen LogP contribution in [0.25, 0.3) is 0 Å². The summed E-state index contributed by atoms with van der Waals surface area (Å²) in [6.07, 6.45) is 2.17. The van der Waals surface area contributed by atoms with Crippen molar-refractivity contribution in [3.63, 3.8) is 0 Å². The first-order valence-corrected chi connectivity index (χ1v) is 6.69. The van der Waals surface area contributed by atoms with Crippen LogP contribution in [0.2, 0.25) is 10.0 Å². The van der Waals surface area contributed by atoms with Gasteiger partial charge >= 0.3 is 5.97 Å². The number of nitrogens with one attached hydrogen (secondary N) is 1. The van der Waals surface area contributed by atoms with Crippen molar-refractivity contribution in [3.05, 3.63) is 57.8 Å². The molecule has 0 saturated carbocycles. The molecule has 0 amide bonds. The molecule has 104 valence electrons. The third-order valence-corrected chi connectivity index (χ3v) is 3.30. The highest BCUT2D eigenvalue weighted by molar-refractivity contribution is 6.35. The number of rotatable bonds is 5. The van der Waals surface area contributed by atoms with E-state index in [1.807, 2.05) is 6.07 Å². The Bertz CT molecular complexity index is 632. The van der Waals surface area contributed by atoms with Gasteiger partial charge in [0.05, 0.1) is 0 Å². The van der Waals surface area contributed by atoms with Crippen LogP contribution >= 0.6 is 23.2 Å². The highest BCUT2D eigenvalue weighted by Gasteiger charge is 2.05. The van der Waals surface area contributed by atoms with Gasteiger partial charge in [0.2, 0.25) is 0 Å². The predicted molar refractivity (Wildman–Crippen MR) is 79.9 cm³/mol. The van der Waals surface area contributed by atoms with Gasteiger partial charge in [-0.25, -0.2) is 9.78 Å². The summed E-state index contributed by atoms with van der Waals surface area (Å²) in [5.41, 5.74) is 1.71. The summed E-state index contributed by atoms with van der Waals surface area (Å²) in [7, 11) is 0. The molecular weight excluding hydrogens is 299 g/mol. The molecule has 0 saturated heterocycles. The Morgan fingerprint density at radius 1 is 1.25 bits per heavy atom. The minimum atomic E-state index is -1.05. The Balaban J connectivity index is 1.96. The molecule has 0 aliphatic heterocycles. The number of aromatic nitrogens is 1. The second kappa shape index (κ2) is 6.59. The summed E-state index contributed by atoms with van der Waals surface area (Å²) in [5, 5.41) is 13.2. The number of carbonyl (C=O) groups is 1. The molecule has 2 rings (SSSR count). The van der Waals surface area contributed by atoms with Crippen molar-refractivity contribution in [1.29, 1.82) is 0 Å². The fourth-order valence-corrected chi connectivity index (χ4v) is 2.23. The van der Waals surface area contributed by atoms with Crippen molar-refractivity contribution in [2.75, 3.05) is 11.9 Å². The molecule has 1 heterocycles. The zero-order valence-electron chi connectivity index (χ0n) is 10.4. The first kappa shape index (κ1) is 14.6. The van der Waals surface area contributed by atoms with E-state index in [0.717, 1.165) is 5.56 Å². The van der Waals surface area contributed by atoms with E-state index in [-0.39, 0.29) is 5.69 Å². The molecule has 2 aromatic rings. The smallest absolute Gasteiger partial charge is 0.354 e. The average Bonchev–Trinajstić information content (AvgIpc) is 2.41. The Morgan fingerprint density at radius 2 is 2.05 bits per heavy atom. The van der Waals surface area contributed by atoms with Gasteiger partial charge in [-0.3, -0.25) is 0 Å². The molecule has 0 unspecified atom stereocenters. The van der Waals surface area contributed by atoms with Crippen molar-refractivity contribution in [2.24, 2.45) is 0 Å². The maximum atomic E-state index is 10.8. The van der Waals surface area contributed by atoms with Crippen LogP contribution in [0.15, 0.2) is 36.5 Å². The molecular formula is C14H12Cl2N2O2. The molecule has 1 aromatic carbocycles. The van der Waals surface area contributed by atoms with Crippen molar-refractivity contribution in [3.8, 4) is 0 Å². The quantitative estimate of drug-likeness (QED) is 0.883. The number of halogens is 2. The molecule has 0 radical (unpaired) electrons. The molecule has 20 heavy (non-hydrogen) atoms. The van der Waals surface area contributed by atoms with Crippen LogP contribution in [0.5, 0.6) is 0 Å².